The Bertz CT molecular complexity index is 965. The van der Waals surface area contributed by atoms with E-state index in [-0.39, 0.29) is 11.1 Å². The van der Waals surface area contributed by atoms with E-state index in [0.29, 0.717) is 11.6 Å². The lowest BCUT2D eigenvalue weighted by atomic mass is 10.0. The fourth-order valence-corrected chi connectivity index (χ4v) is 2.89. The maximum absolute atomic E-state index is 13.2. The molecule has 0 unspecified atom stereocenters. The summed E-state index contributed by atoms with van der Waals surface area (Å²) in [6, 6.07) is 10.9. The van der Waals surface area contributed by atoms with E-state index in [4.69, 9.17) is 16.3 Å². The van der Waals surface area contributed by atoms with Crippen molar-refractivity contribution >= 4 is 34.1 Å². The van der Waals surface area contributed by atoms with Crippen LogP contribution < -0.4 is 15.4 Å². The Morgan fingerprint density at radius 3 is 2.65 bits per heavy atom. The molecule has 0 fully saturated rings. The molecule has 2 amide bonds. The Labute approximate surface area is 155 Å². The first-order chi connectivity index (χ1) is 12.5. The number of fused-ring (bicyclic) bond motifs is 1. The average molecular weight is 374 g/mol. The van der Waals surface area contributed by atoms with Crippen LogP contribution in [-0.4, -0.2) is 18.1 Å². The number of carbonyl (C=O) groups excluding carboxylic acids is 1. The highest BCUT2D eigenvalue weighted by atomic mass is 35.5. The molecule has 0 radical (unpaired) electrons. The number of aromatic nitrogens is 1. The summed E-state index contributed by atoms with van der Waals surface area (Å²) in [4.78, 5) is 16.6. The lowest BCUT2D eigenvalue weighted by Crippen LogP contribution is -2.31. The summed E-state index contributed by atoms with van der Waals surface area (Å²) in [5, 5.41) is 7.23. The van der Waals surface area contributed by atoms with Crippen LogP contribution in [0.4, 0.5) is 14.9 Å². The van der Waals surface area contributed by atoms with E-state index < -0.39 is 11.8 Å². The van der Waals surface area contributed by atoms with E-state index in [1.54, 1.807) is 13.3 Å². The molecule has 0 bridgehead atoms. The second-order valence-electron chi connectivity index (χ2n) is 5.72. The fourth-order valence-electron chi connectivity index (χ4n) is 2.71. The van der Waals surface area contributed by atoms with E-state index in [0.717, 1.165) is 16.3 Å². The van der Waals surface area contributed by atoms with Gasteiger partial charge < -0.3 is 15.4 Å². The van der Waals surface area contributed by atoms with Gasteiger partial charge in [0.05, 0.1) is 18.2 Å². The molecule has 7 heteroatoms. The van der Waals surface area contributed by atoms with Gasteiger partial charge in [-0.1, -0.05) is 29.8 Å². The SMILES string of the molecule is COc1ncc([C@@H](C)NC(=O)Nc2ccc(F)c(Cl)c2)c2ccccc12. The Kier molecular flexibility index (Phi) is 5.23. The van der Waals surface area contributed by atoms with E-state index >= 15 is 0 Å². The Morgan fingerprint density at radius 2 is 1.96 bits per heavy atom. The molecule has 3 aromatic rings. The summed E-state index contributed by atoms with van der Waals surface area (Å²) >= 11 is 5.73. The zero-order valence-corrected chi connectivity index (χ0v) is 15.0. The predicted octanol–water partition coefficient (Wildman–Crippen LogP) is 4.92. The molecule has 0 saturated heterocycles. The van der Waals surface area contributed by atoms with Gasteiger partial charge in [0.2, 0.25) is 5.88 Å². The van der Waals surface area contributed by atoms with Gasteiger partial charge in [0.1, 0.15) is 5.82 Å². The number of urea groups is 1. The first-order valence-corrected chi connectivity index (χ1v) is 8.31. The van der Waals surface area contributed by atoms with Gasteiger partial charge in [-0.05, 0) is 36.6 Å². The van der Waals surface area contributed by atoms with Crippen molar-refractivity contribution in [3.8, 4) is 5.88 Å². The number of anilines is 1. The van der Waals surface area contributed by atoms with Gasteiger partial charge in [0.25, 0.3) is 0 Å². The van der Waals surface area contributed by atoms with Crippen molar-refractivity contribution in [3.63, 3.8) is 0 Å². The standard InChI is InChI=1S/C19H17ClFN3O2/c1-11(23-19(25)24-12-7-8-17(21)16(20)9-12)15-10-22-18(26-2)14-6-4-3-5-13(14)15/h3-11H,1-2H3,(H2,23,24,25)/t11-/m1/s1. The minimum atomic E-state index is -0.540. The number of ether oxygens (including phenoxy) is 1. The van der Waals surface area contributed by atoms with Crippen molar-refractivity contribution in [1.29, 1.82) is 0 Å². The van der Waals surface area contributed by atoms with Crippen LogP contribution >= 0.6 is 11.6 Å². The number of methoxy groups -OCH3 is 1. The van der Waals surface area contributed by atoms with Crippen LogP contribution in [0.15, 0.2) is 48.7 Å². The summed E-state index contributed by atoms with van der Waals surface area (Å²) in [5.41, 5.74) is 1.26. The van der Waals surface area contributed by atoms with Crippen LogP contribution in [0.25, 0.3) is 10.8 Å². The second-order valence-corrected chi connectivity index (χ2v) is 6.12. The third kappa shape index (κ3) is 3.70. The number of pyridine rings is 1. The highest BCUT2D eigenvalue weighted by Gasteiger charge is 2.15. The lowest BCUT2D eigenvalue weighted by molar-refractivity contribution is 0.249. The van der Waals surface area contributed by atoms with Crippen LogP contribution in [0, 0.1) is 5.82 Å². The highest BCUT2D eigenvalue weighted by Crippen LogP contribution is 2.29. The smallest absolute Gasteiger partial charge is 0.319 e. The van der Waals surface area contributed by atoms with E-state index in [9.17, 15) is 9.18 Å². The number of rotatable bonds is 4. The minimum Gasteiger partial charge on any atom is -0.481 e. The van der Waals surface area contributed by atoms with Gasteiger partial charge in [0, 0.05) is 22.8 Å². The quantitative estimate of drug-likeness (QED) is 0.682. The van der Waals surface area contributed by atoms with Crippen LogP contribution in [0.1, 0.15) is 18.5 Å². The van der Waals surface area contributed by atoms with Crippen LogP contribution in [0.2, 0.25) is 5.02 Å². The molecule has 1 aromatic heterocycles. The number of amides is 2. The highest BCUT2D eigenvalue weighted by molar-refractivity contribution is 6.31. The number of hydrogen-bond acceptors (Lipinski definition) is 3. The third-order valence-corrected chi connectivity index (χ3v) is 4.26. The van der Waals surface area contributed by atoms with Gasteiger partial charge in [-0.15, -0.1) is 0 Å². The molecule has 1 heterocycles. The minimum absolute atomic E-state index is 0.0544. The van der Waals surface area contributed by atoms with Crippen LogP contribution in [0.5, 0.6) is 5.88 Å². The number of benzene rings is 2. The molecule has 1 atom stereocenters. The van der Waals surface area contributed by atoms with Crippen molar-refractivity contribution in [3.05, 3.63) is 65.1 Å². The maximum atomic E-state index is 13.2. The monoisotopic (exact) mass is 373 g/mol. The first-order valence-electron chi connectivity index (χ1n) is 7.94. The summed E-state index contributed by atoms with van der Waals surface area (Å²) in [5.74, 6) is -0.0104. The third-order valence-electron chi connectivity index (χ3n) is 3.97. The number of nitrogens with zero attached hydrogens (tertiary/aromatic N) is 1. The molecular formula is C19H17ClFN3O2. The van der Waals surface area contributed by atoms with Gasteiger partial charge in [0.15, 0.2) is 0 Å². The van der Waals surface area contributed by atoms with Gasteiger partial charge in [-0.25, -0.2) is 14.2 Å². The van der Waals surface area contributed by atoms with Crippen molar-refractivity contribution in [2.24, 2.45) is 0 Å². The Morgan fingerprint density at radius 1 is 1.23 bits per heavy atom. The number of nitrogens with one attached hydrogen (secondary N) is 2. The lowest BCUT2D eigenvalue weighted by Gasteiger charge is -2.17. The molecule has 0 aliphatic carbocycles. The van der Waals surface area contributed by atoms with Crippen molar-refractivity contribution in [2.45, 2.75) is 13.0 Å². The molecule has 2 N–H and O–H groups in total. The van der Waals surface area contributed by atoms with E-state index in [1.165, 1.54) is 18.2 Å². The zero-order valence-electron chi connectivity index (χ0n) is 14.2. The van der Waals surface area contributed by atoms with Crippen molar-refractivity contribution < 1.29 is 13.9 Å². The number of hydrogen-bond donors (Lipinski definition) is 2. The second kappa shape index (κ2) is 7.58. The Hall–Kier alpha value is -2.86. The summed E-state index contributed by atoms with van der Waals surface area (Å²) < 4.78 is 18.5. The van der Waals surface area contributed by atoms with Gasteiger partial charge in [-0.3, -0.25) is 0 Å². The molecule has 5 nitrogen and oxygen atoms in total. The molecule has 3 rings (SSSR count). The number of carbonyl (C=O) groups is 1. The average Bonchev–Trinajstić information content (AvgIpc) is 2.63. The largest absolute Gasteiger partial charge is 0.481 e. The van der Waals surface area contributed by atoms with Crippen LogP contribution in [-0.2, 0) is 0 Å². The summed E-state index contributed by atoms with van der Waals surface area (Å²) in [7, 11) is 1.57. The van der Waals surface area contributed by atoms with Crippen LogP contribution in [0.3, 0.4) is 0 Å². The fraction of sp³-hybridized carbons (Fsp3) is 0.158. The topological polar surface area (TPSA) is 63.2 Å². The summed E-state index contributed by atoms with van der Waals surface area (Å²) in [6.07, 6.45) is 1.68. The van der Waals surface area contributed by atoms with E-state index in [2.05, 4.69) is 15.6 Å². The van der Waals surface area contributed by atoms with Crippen molar-refractivity contribution in [1.82, 2.24) is 10.3 Å². The van der Waals surface area contributed by atoms with Gasteiger partial charge in [-0.2, -0.15) is 0 Å². The summed E-state index contributed by atoms with van der Waals surface area (Å²) in [6.45, 7) is 1.85. The van der Waals surface area contributed by atoms with Crippen molar-refractivity contribution in [2.75, 3.05) is 12.4 Å². The molecule has 0 spiro atoms. The molecule has 0 aliphatic rings. The molecular weight excluding hydrogens is 357 g/mol. The molecule has 2 aromatic carbocycles. The molecule has 0 saturated carbocycles. The van der Waals surface area contributed by atoms with Gasteiger partial charge >= 0.3 is 6.03 Å². The first kappa shape index (κ1) is 17.9. The number of halogens is 2. The predicted molar refractivity (Wildman–Crippen MR) is 100 cm³/mol. The zero-order chi connectivity index (χ0) is 18.7. The molecule has 134 valence electrons. The molecule has 0 aliphatic heterocycles. The molecule has 26 heavy (non-hydrogen) atoms. The normalized spacial score (nSPS) is 11.8. The van der Waals surface area contributed by atoms with E-state index in [1.807, 2.05) is 31.2 Å². The Balaban J connectivity index is 1.79. The maximum Gasteiger partial charge on any atom is 0.319 e.